The van der Waals surface area contributed by atoms with E-state index in [1.165, 1.54) is 210 Å². The maximum atomic E-state index is 2.32. The van der Waals surface area contributed by atoms with Crippen LogP contribution in [0.15, 0.2) is 510 Å². The lowest BCUT2D eigenvalue weighted by atomic mass is 9.92. The predicted molar refractivity (Wildman–Crippen MR) is 640 cm³/mol. The van der Waals surface area contributed by atoms with Gasteiger partial charge in [-0.2, -0.15) is 0 Å². The molecular formula is C146H140. The Morgan fingerprint density at radius 1 is 0.103 bits per heavy atom. The molecule has 0 spiro atoms. The van der Waals surface area contributed by atoms with Gasteiger partial charge in [-0.15, -0.1) is 0 Å². The molecule has 22 aromatic carbocycles. The summed E-state index contributed by atoms with van der Waals surface area (Å²) in [5, 5.41) is 13.2. The first-order valence-electron chi connectivity index (χ1n) is 52.6. The van der Waals surface area contributed by atoms with Gasteiger partial charge >= 0.3 is 0 Å². The van der Waals surface area contributed by atoms with E-state index >= 15 is 0 Å². The molecule has 0 aliphatic heterocycles. The zero-order chi connectivity index (χ0) is 102. The van der Waals surface area contributed by atoms with Crippen molar-refractivity contribution in [3.63, 3.8) is 0 Å². The zero-order valence-electron chi connectivity index (χ0n) is 88.1. The Labute approximate surface area is 871 Å². The first kappa shape index (κ1) is 103. The molecule has 0 unspecified atom stereocenters. The van der Waals surface area contributed by atoms with E-state index in [9.17, 15) is 0 Å². The van der Waals surface area contributed by atoms with Gasteiger partial charge in [0, 0.05) is 0 Å². The quantitative estimate of drug-likeness (QED) is 0.0846. The van der Waals surface area contributed by atoms with Crippen molar-refractivity contribution in [3.8, 4) is 111 Å². The van der Waals surface area contributed by atoms with Crippen LogP contribution in [-0.2, 0) is 0 Å². The van der Waals surface area contributed by atoms with Crippen molar-refractivity contribution in [3.05, 3.63) is 554 Å². The first-order chi connectivity index (χ1) is 71.0. The Morgan fingerprint density at radius 2 is 0.342 bits per heavy atom. The van der Waals surface area contributed by atoms with Crippen LogP contribution in [0.2, 0.25) is 0 Å². The largest absolute Gasteiger partial charge is 0.0622 e. The van der Waals surface area contributed by atoms with Gasteiger partial charge in [-0.3, -0.25) is 0 Å². The third-order valence-electron chi connectivity index (χ3n) is 28.1. The molecule has 0 heteroatoms. The molecule has 0 fully saturated rings. The van der Waals surface area contributed by atoms with E-state index in [2.05, 4.69) is 602 Å². The maximum Gasteiger partial charge on any atom is -0.00201 e. The van der Waals surface area contributed by atoms with Gasteiger partial charge in [0.2, 0.25) is 0 Å². The van der Waals surface area contributed by atoms with Gasteiger partial charge in [0.05, 0.1) is 0 Å². The fourth-order valence-corrected chi connectivity index (χ4v) is 19.2. The highest BCUT2D eigenvalue weighted by Crippen LogP contribution is 2.50. The summed E-state index contributed by atoms with van der Waals surface area (Å²) in [4.78, 5) is 0. The summed E-state index contributed by atoms with van der Waals surface area (Å²) in [6.45, 7) is 35.6. The second-order valence-electron chi connectivity index (χ2n) is 40.9. The number of rotatable bonds is 16. The third kappa shape index (κ3) is 26.2. The molecule has 0 N–H and O–H groups in total. The minimum atomic E-state index is 0.566. The molecule has 23 rings (SSSR count). The Hall–Kier alpha value is -15.9. The van der Waals surface area contributed by atoms with Gasteiger partial charge in [0.15, 0.2) is 0 Å². The molecule has 0 aromatic heterocycles. The Bertz CT molecular complexity index is 7860. The summed E-state index contributed by atoms with van der Waals surface area (Å²) in [7, 11) is 0. The summed E-state index contributed by atoms with van der Waals surface area (Å²) in [5.74, 6) is 4.75. The van der Waals surface area contributed by atoms with Gasteiger partial charge in [0.1, 0.15) is 0 Å². The molecule has 0 nitrogen and oxygen atoms in total. The van der Waals surface area contributed by atoms with Crippen molar-refractivity contribution in [2.45, 2.75) is 158 Å². The van der Waals surface area contributed by atoms with E-state index in [-0.39, 0.29) is 0 Å². The maximum absolute atomic E-state index is 2.32. The van der Waals surface area contributed by atoms with Crippen molar-refractivity contribution in [1.29, 1.82) is 0 Å². The number of hydrogen-bond donors (Lipinski definition) is 0. The molecule has 0 amide bonds. The van der Waals surface area contributed by atoms with Gasteiger partial charge in [-0.1, -0.05) is 608 Å². The molecule has 22 aromatic rings. The lowest BCUT2D eigenvalue weighted by Gasteiger charge is -2.12. The predicted octanol–water partition coefficient (Wildman–Crippen LogP) is 43.2. The zero-order valence-corrected chi connectivity index (χ0v) is 88.1. The molecule has 0 heterocycles. The van der Waals surface area contributed by atoms with Gasteiger partial charge < -0.3 is 0 Å². The highest BCUT2D eigenvalue weighted by molar-refractivity contribution is 6.19. The lowest BCUT2D eigenvalue weighted by molar-refractivity contribution is 0.867. The first-order valence-corrected chi connectivity index (χ1v) is 52.6. The van der Waals surface area contributed by atoms with E-state index in [4.69, 9.17) is 0 Å². The van der Waals surface area contributed by atoms with Crippen molar-refractivity contribution >= 4 is 53.9 Å². The molecule has 146 heavy (non-hydrogen) atoms. The van der Waals surface area contributed by atoms with Crippen LogP contribution in [0.5, 0.6) is 0 Å². The minimum absolute atomic E-state index is 0.566. The van der Waals surface area contributed by atoms with Crippen LogP contribution in [0.25, 0.3) is 165 Å². The number of benzene rings is 22. The molecule has 0 saturated heterocycles. The van der Waals surface area contributed by atoms with Gasteiger partial charge in [-0.05, 0) is 269 Å². The standard InChI is InChI=1S/C25H20.C23H20.C21H20.2C19H18.2C15H16.C9H12/c1-16(2)17-10-12-18(13-11-17)19-14-15-24-21-7-4-3-6-20(21)23-9-5-8-22(19)25(23)24;1-16(2)17-11-13-18(14-12-17)23-15-19-7-3-4-8-20(19)21-9-5-6-10-22(21)23;1-16(2)17-8-10-20(11-9-17)21-14-12-19(13-15-21)18-6-4-3-5-7-18;1-14(2)15-10-12-17(13-11-15)19-9-5-7-16-6-3-4-8-18(16)19;1-14(2)15-7-9-17(10-8-15)19-12-11-16-5-3-4-6-18(16)13-19;1-12(2)14-9-6-10-15(11-14)13-7-4-3-5-8-13;1-12(2)13-8-10-15(11-9-13)14-6-4-3-5-7-14;1-8(2)9-6-4-3-5-7-9/h3-16H,1-2H3;3-16H,1-2H3;3-16H,1-2H3;2*3-14H,1-2H3;2*3-12H,1-2H3;3-8H,1-2H3. The van der Waals surface area contributed by atoms with Crippen LogP contribution in [0.4, 0.5) is 0 Å². The normalized spacial score (nSPS) is 11.1. The summed E-state index contributed by atoms with van der Waals surface area (Å²) in [6, 6.07) is 183. The lowest BCUT2D eigenvalue weighted by Crippen LogP contribution is -1.88. The second-order valence-corrected chi connectivity index (χ2v) is 40.9. The topological polar surface area (TPSA) is 0 Å². The molecule has 0 atom stereocenters. The Morgan fingerprint density at radius 3 is 0.774 bits per heavy atom. The van der Waals surface area contributed by atoms with Crippen molar-refractivity contribution in [1.82, 2.24) is 0 Å². The van der Waals surface area contributed by atoms with Crippen LogP contribution < -0.4 is 0 Å². The molecule has 1 aliphatic rings. The van der Waals surface area contributed by atoms with Crippen molar-refractivity contribution in [2.24, 2.45) is 0 Å². The van der Waals surface area contributed by atoms with Crippen molar-refractivity contribution < 1.29 is 0 Å². The molecule has 0 bridgehead atoms. The molecule has 1 aliphatic carbocycles. The minimum Gasteiger partial charge on any atom is -0.0622 e. The van der Waals surface area contributed by atoms with Crippen LogP contribution in [-0.4, -0.2) is 0 Å². The Kier molecular flexibility index (Phi) is 35.2. The molecule has 724 valence electrons. The van der Waals surface area contributed by atoms with Crippen LogP contribution in [0.3, 0.4) is 0 Å². The van der Waals surface area contributed by atoms with Crippen LogP contribution in [0, 0.1) is 0 Å². The highest BCUT2D eigenvalue weighted by atomic mass is 14.3. The molecule has 0 radical (unpaired) electrons. The molecule has 0 saturated carbocycles. The summed E-state index contributed by atoms with van der Waals surface area (Å²) >= 11 is 0. The number of fused-ring (bicyclic) bond motifs is 8. The van der Waals surface area contributed by atoms with E-state index in [1.807, 2.05) is 18.2 Å². The SMILES string of the molecule is CC(C)c1ccc(-c2cc3ccccc3c3ccccc23)cc1.CC(C)c1ccc(-c2ccc(-c3ccccc3)cc2)cc1.CC(C)c1ccc(-c2ccc3c4c(cccc24)-c2ccccc2-3)cc1.CC(C)c1ccc(-c2ccc3ccccc3c2)cc1.CC(C)c1ccc(-c2cccc3ccccc23)cc1.CC(C)c1ccc(-c2ccccc2)cc1.CC(C)c1cccc(-c2ccccc2)c1.CC(C)c1ccccc1. The smallest absolute Gasteiger partial charge is 0.00201 e. The number of hydrogen-bond acceptors (Lipinski definition) is 0. The molecular weight excluding hydrogens is 1750 g/mol. The summed E-state index contributed by atoms with van der Waals surface area (Å²) in [6.07, 6.45) is 0. The van der Waals surface area contributed by atoms with Crippen molar-refractivity contribution in [2.75, 3.05) is 0 Å². The monoisotopic (exact) mass is 1890 g/mol. The van der Waals surface area contributed by atoms with Gasteiger partial charge in [-0.25, -0.2) is 0 Å². The fourth-order valence-electron chi connectivity index (χ4n) is 19.2. The van der Waals surface area contributed by atoms with Crippen LogP contribution in [0.1, 0.15) is 203 Å². The van der Waals surface area contributed by atoms with E-state index < -0.39 is 0 Å². The van der Waals surface area contributed by atoms with Crippen LogP contribution >= 0.6 is 0 Å². The van der Waals surface area contributed by atoms with E-state index in [0.29, 0.717) is 47.3 Å². The third-order valence-corrected chi connectivity index (χ3v) is 28.1. The average Bonchev–Trinajstić information content (AvgIpc) is 1.26. The van der Waals surface area contributed by atoms with E-state index in [0.717, 1.165) is 0 Å². The second kappa shape index (κ2) is 49.9. The highest BCUT2D eigenvalue weighted by Gasteiger charge is 2.23. The van der Waals surface area contributed by atoms with Gasteiger partial charge in [0.25, 0.3) is 0 Å². The van der Waals surface area contributed by atoms with E-state index in [1.54, 1.807) is 0 Å². The fraction of sp³-hybridized carbons (Fsp3) is 0.164. The average molecular weight is 1890 g/mol. The Balaban J connectivity index is 0.000000121. The summed E-state index contributed by atoms with van der Waals surface area (Å²) < 4.78 is 0. The summed E-state index contributed by atoms with van der Waals surface area (Å²) in [5.41, 5.74) is 37.3.